The molecule has 1 aromatic carbocycles. The van der Waals surface area contributed by atoms with Crippen LogP contribution in [0.15, 0.2) is 18.2 Å². The Balaban J connectivity index is 3.17. The first-order chi connectivity index (χ1) is 7.95. The van der Waals surface area contributed by atoms with Gasteiger partial charge in [0, 0.05) is 6.07 Å². The Hall–Kier alpha value is -2.07. The molecule has 0 aliphatic rings. The number of nitro groups is 2. The Labute approximate surface area is 97.1 Å². The minimum absolute atomic E-state index is 0.374. The molecule has 10 heteroatoms. The summed E-state index contributed by atoms with van der Waals surface area (Å²) < 4.78 is 19.7. The van der Waals surface area contributed by atoms with Crippen LogP contribution in [0.3, 0.4) is 0 Å². The number of rotatable bonds is 5. The van der Waals surface area contributed by atoms with Gasteiger partial charge in [0.2, 0.25) is 5.75 Å². The number of non-ortho nitro benzene ring substituents is 1. The Morgan fingerprint density at radius 2 is 1.88 bits per heavy atom. The molecule has 0 N–H and O–H groups in total. The largest absolute Gasteiger partial charge is 0.373 e. The molecule has 0 saturated carbocycles. The van der Waals surface area contributed by atoms with Gasteiger partial charge in [-0.2, -0.15) is 4.21 Å². The van der Waals surface area contributed by atoms with Gasteiger partial charge in [-0.05, 0) is 6.07 Å². The molecule has 0 bridgehead atoms. The van der Waals surface area contributed by atoms with E-state index >= 15 is 0 Å². The highest BCUT2D eigenvalue weighted by molar-refractivity contribution is 7.75. The maximum Gasteiger partial charge on any atom is 0.360 e. The summed E-state index contributed by atoms with van der Waals surface area (Å²) in [6, 6.07) is 2.69. The van der Waals surface area contributed by atoms with Gasteiger partial charge in [0.05, 0.1) is 23.0 Å². The molecule has 0 aliphatic carbocycles. The van der Waals surface area contributed by atoms with Gasteiger partial charge in [-0.1, -0.05) is 0 Å². The van der Waals surface area contributed by atoms with E-state index in [4.69, 9.17) is 0 Å². The van der Waals surface area contributed by atoms with Crippen molar-refractivity contribution in [2.45, 2.75) is 0 Å². The zero-order valence-electron chi connectivity index (χ0n) is 8.39. The first-order valence-electron chi connectivity index (χ1n) is 4.03. The SMILES string of the molecule is COS(=O)Oc1ccc([N+](=O)[O-])cc1[N+](=O)[O-]. The van der Waals surface area contributed by atoms with Crippen molar-refractivity contribution in [2.75, 3.05) is 7.11 Å². The van der Waals surface area contributed by atoms with Gasteiger partial charge in [0.25, 0.3) is 5.69 Å². The molecule has 92 valence electrons. The van der Waals surface area contributed by atoms with Crippen molar-refractivity contribution in [3.05, 3.63) is 38.4 Å². The van der Waals surface area contributed by atoms with Crippen LogP contribution in [0.25, 0.3) is 0 Å². The molecule has 0 heterocycles. The zero-order valence-corrected chi connectivity index (χ0v) is 9.21. The summed E-state index contributed by atoms with van der Waals surface area (Å²) >= 11 is -2.20. The van der Waals surface area contributed by atoms with Gasteiger partial charge in [-0.25, -0.2) is 0 Å². The molecular weight excluding hydrogens is 256 g/mol. The lowest BCUT2D eigenvalue weighted by Crippen LogP contribution is -2.04. The number of hydrogen-bond acceptors (Lipinski definition) is 7. The smallest absolute Gasteiger partial charge is 0.360 e. The van der Waals surface area contributed by atoms with Crippen LogP contribution in [0.5, 0.6) is 5.75 Å². The Bertz CT molecular complexity index is 489. The number of nitrogens with zero attached hydrogens (tertiary/aromatic N) is 2. The molecule has 0 spiro atoms. The first kappa shape index (κ1) is 13.0. The lowest BCUT2D eigenvalue weighted by Gasteiger charge is -2.02. The average molecular weight is 262 g/mol. The molecule has 17 heavy (non-hydrogen) atoms. The summed E-state index contributed by atoms with van der Waals surface area (Å²) in [5.74, 6) is -0.374. The van der Waals surface area contributed by atoms with Crippen LogP contribution >= 0.6 is 0 Å². The van der Waals surface area contributed by atoms with E-state index in [0.29, 0.717) is 6.07 Å². The molecule has 9 nitrogen and oxygen atoms in total. The molecule has 0 aromatic heterocycles. The molecule has 0 aliphatic heterocycles. The molecule has 0 amide bonds. The fourth-order valence-electron chi connectivity index (χ4n) is 0.940. The Morgan fingerprint density at radius 1 is 1.24 bits per heavy atom. The number of hydrogen-bond donors (Lipinski definition) is 0. The van der Waals surface area contributed by atoms with Crippen LogP contribution in [0, 0.1) is 20.2 Å². The summed E-state index contributed by atoms with van der Waals surface area (Å²) in [4.78, 5) is 19.4. The molecule has 1 aromatic rings. The van der Waals surface area contributed by atoms with Crippen molar-refractivity contribution in [1.29, 1.82) is 0 Å². The second-order valence-electron chi connectivity index (χ2n) is 2.62. The van der Waals surface area contributed by atoms with Gasteiger partial charge in [-0.3, -0.25) is 24.4 Å². The third-order valence-electron chi connectivity index (χ3n) is 1.64. The predicted octanol–water partition coefficient (Wildman–Crippen LogP) is 1.11. The van der Waals surface area contributed by atoms with E-state index in [1.807, 2.05) is 0 Å². The van der Waals surface area contributed by atoms with Crippen molar-refractivity contribution in [3.8, 4) is 5.75 Å². The van der Waals surface area contributed by atoms with Gasteiger partial charge in [0.15, 0.2) is 0 Å². The monoisotopic (exact) mass is 262 g/mol. The lowest BCUT2D eigenvalue weighted by molar-refractivity contribution is -0.394. The molecule has 0 saturated heterocycles. The second-order valence-corrected chi connectivity index (χ2v) is 3.53. The van der Waals surface area contributed by atoms with E-state index in [1.54, 1.807) is 0 Å². The van der Waals surface area contributed by atoms with Crippen LogP contribution in [0.4, 0.5) is 11.4 Å². The van der Waals surface area contributed by atoms with Gasteiger partial charge >= 0.3 is 17.0 Å². The van der Waals surface area contributed by atoms with Gasteiger partial charge in [-0.15, -0.1) is 0 Å². The third-order valence-corrected chi connectivity index (χ3v) is 2.23. The number of nitro benzene ring substituents is 2. The molecule has 1 unspecified atom stereocenters. The van der Waals surface area contributed by atoms with E-state index in [0.717, 1.165) is 19.2 Å². The fourth-order valence-corrected chi connectivity index (χ4v) is 1.30. The van der Waals surface area contributed by atoms with Crippen LogP contribution < -0.4 is 4.18 Å². The zero-order chi connectivity index (χ0) is 13.0. The van der Waals surface area contributed by atoms with Crippen LogP contribution in [-0.4, -0.2) is 21.2 Å². The van der Waals surface area contributed by atoms with E-state index in [1.165, 1.54) is 0 Å². The summed E-state index contributed by atoms with van der Waals surface area (Å²) in [6.45, 7) is 0. The molecule has 1 atom stereocenters. The van der Waals surface area contributed by atoms with Gasteiger partial charge in [0.1, 0.15) is 0 Å². The van der Waals surface area contributed by atoms with Crippen LogP contribution in [-0.2, 0) is 15.5 Å². The van der Waals surface area contributed by atoms with Crippen molar-refractivity contribution in [3.63, 3.8) is 0 Å². The van der Waals surface area contributed by atoms with E-state index in [-0.39, 0.29) is 5.75 Å². The van der Waals surface area contributed by atoms with Crippen molar-refractivity contribution < 1.29 is 22.4 Å². The summed E-state index contributed by atoms with van der Waals surface area (Å²) in [7, 11) is 1.08. The topological polar surface area (TPSA) is 122 Å². The molecule has 1 rings (SSSR count). The molecule has 0 fully saturated rings. The minimum atomic E-state index is -2.20. The highest BCUT2D eigenvalue weighted by Crippen LogP contribution is 2.31. The fraction of sp³-hybridized carbons (Fsp3) is 0.143. The predicted molar refractivity (Wildman–Crippen MR) is 55.5 cm³/mol. The number of benzene rings is 1. The van der Waals surface area contributed by atoms with Crippen molar-refractivity contribution in [2.24, 2.45) is 0 Å². The maximum absolute atomic E-state index is 10.9. The standard InChI is InChI=1S/C7H6N2O7S/c1-15-17(14)16-7-3-2-5(8(10)11)4-6(7)9(12)13/h2-4H,1H3. The summed E-state index contributed by atoms with van der Waals surface area (Å²) in [5.41, 5.74) is -1.13. The highest BCUT2D eigenvalue weighted by atomic mass is 32.2. The highest BCUT2D eigenvalue weighted by Gasteiger charge is 2.22. The Kier molecular flexibility index (Phi) is 4.06. The lowest BCUT2D eigenvalue weighted by atomic mass is 10.2. The minimum Gasteiger partial charge on any atom is -0.373 e. The van der Waals surface area contributed by atoms with Crippen molar-refractivity contribution >= 4 is 22.7 Å². The molecule has 0 radical (unpaired) electrons. The van der Waals surface area contributed by atoms with E-state index < -0.39 is 32.6 Å². The molecular formula is C7H6N2O7S. The van der Waals surface area contributed by atoms with E-state index in [2.05, 4.69) is 8.37 Å². The first-order valence-corrected chi connectivity index (χ1v) is 5.03. The normalized spacial score (nSPS) is 11.8. The Morgan fingerprint density at radius 3 is 2.35 bits per heavy atom. The average Bonchev–Trinajstić information content (AvgIpc) is 2.28. The van der Waals surface area contributed by atoms with Crippen LogP contribution in [0.2, 0.25) is 0 Å². The van der Waals surface area contributed by atoms with Crippen molar-refractivity contribution in [1.82, 2.24) is 0 Å². The maximum atomic E-state index is 10.9. The third kappa shape index (κ3) is 3.19. The quantitative estimate of drug-likeness (QED) is 0.575. The van der Waals surface area contributed by atoms with Gasteiger partial charge < -0.3 is 4.18 Å². The summed E-state index contributed by atoms with van der Waals surface area (Å²) in [6.07, 6.45) is 0. The summed E-state index contributed by atoms with van der Waals surface area (Å²) in [5, 5.41) is 21.1. The van der Waals surface area contributed by atoms with E-state index in [9.17, 15) is 24.4 Å². The van der Waals surface area contributed by atoms with Crippen LogP contribution in [0.1, 0.15) is 0 Å². The second kappa shape index (κ2) is 5.32.